The van der Waals surface area contributed by atoms with E-state index in [9.17, 15) is 14.4 Å². The van der Waals surface area contributed by atoms with Crippen molar-refractivity contribution in [1.29, 1.82) is 0 Å². The predicted molar refractivity (Wildman–Crippen MR) is 133 cm³/mol. The first-order chi connectivity index (χ1) is 16.2. The molecule has 2 bridgehead atoms. The number of carbonyl (C=O) groups excluding carboxylic acids is 2. The van der Waals surface area contributed by atoms with Crippen LogP contribution in [0.2, 0.25) is 0 Å². The maximum absolute atomic E-state index is 13.4. The number of esters is 1. The van der Waals surface area contributed by atoms with E-state index in [2.05, 4.69) is 31.3 Å². The van der Waals surface area contributed by atoms with E-state index in [-0.39, 0.29) is 29.8 Å². The van der Waals surface area contributed by atoms with Crippen molar-refractivity contribution in [2.45, 2.75) is 65.3 Å². The summed E-state index contributed by atoms with van der Waals surface area (Å²) >= 11 is 1.42. The maximum atomic E-state index is 13.4. The third-order valence-corrected chi connectivity index (χ3v) is 8.84. The van der Waals surface area contributed by atoms with Gasteiger partial charge in [0.2, 0.25) is 0 Å². The molecule has 1 aromatic carbocycles. The SMILES string of the molecule is CC(=O)Oc1csc2c(C(=O)NC3C[C@H]4C[C@@H]([C@@H]3CC=CCCCC(=O)O)C4(C)C)cccc12. The number of hydrogen-bond acceptors (Lipinski definition) is 5. The summed E-state index contributed by atoms with van der Waals surface area (Å²) in [6, 6.07) is 5.64. The molecule has 2 N–H and O–H groups in total. The quantitative estimate of drug-likeness (QED) is 0.267. The van der Waals surface area contributed by atoms with Crippen molar-refractivity contribution in [3.05, 3.63) is 41.3 Å². The van der Waals surface area contributed by atoms with Crippen LogP contribution < -0.4 is 10.1 Å². The fourth-order valence-corrected chi connectivity index (χ4v) is 6.86. The molecule has 3 fully saturated rings. The van der Waals surface area contributed by atoms with Crippen LogP contribution in [0, 0.1) is 23.2 Å². The summed E-state index contributed by atoms with van der Waals surface area (Å²) in [6.07, 6.45) is 8.94. The molecule has 0 saturated heterocycles. The Morgan fingerprint density at radius 3 is 2.74 bits per heavy atom. The number of carbonyl (C=O) groups is 3. The van der Waals surface area contributed by atoms with Crippen LogP contribution in [0.15, 0.2) is 35.7 Å². The first kappa shape index (κ1) is 24.5. The van der Waals surface area contributed by atoms with Gasteiger partial charge in [-0.3, -0.25) is 14.4 Å². The largest absolute Gasteiger partial charge is 0.481 e. The molecule has 0 spiro atoms. The topological polar surface area (TPSA) is 92.7 Å². The smallest absolute Gasteiger partial charge is 0.308 e. The number of allylic oxidation sites excluding steroid dienone is 2. The lowest BCUT2D eigenvalue weighted by Crippen LogP contribution is -2.61. The van der Waals surface area contributed by atoms with Crippen LogP contribution in [0.5, 0.6) is 5.75 Å². The number of rotatable bonds is 9. The Balaban J connectivity index is 1.47. The number of carboxylic acid groups (broad SMARTS) is 1. The summed E-state index contributed by atoms with van der Waals surface area (Å²) in [6.45, 7) is 6.06. The molecule has 0 radical (unpaired) electrons. The lowest BCUT2D eigenvalue weighted by atomic mass is 9.44. The van der Waals surface area contributed by atoms with Gasteiger partial charge in [0, 0.05) is 30.2 Å². The maximum Gasteiger partial charge on any atom is 0.308 e. The molecule has 3 aliphatic rings. The minimum absolute atomic E-state index is 0.0821. The Labute approximate surface area is 204 Å². The number of fused-ring (bicyclic) bond motifs is 3. The number of ether oxygens (including phenoxy) is 1. The number of unbranched alkanes of at least 4 members (excludes halogenated alkanes) is 1. The number of aliphatic carboxylic acids is 1. The molecular weight excluding hydrogens is 450 g/mol. The zero-order chi connectivity index (χ0) is 24.5. The highest BCUT2D eigenvalue weighted by molar-refractivity contribution is 7.18. The van der Waals surface area contributed by atoms with Gasteiger partial charge >= 0.3 is 11.9 Å². The normalized spacial score (nSPS) is 25.1. The standard InChI is InChI=1S/C27H33NO5S/c1-16(29)33-23-15-34-25-19(23)10-8-11-20(25)26(32)28-22-14-17-13-21(27(17,2)3)18(22)9-6-4-5-7-12-24(30)31/h4,6,8,10-11,15,17-18,21-22H,5,7,9,12-14H2,1-3H3,(H,28,32)(H,30,31)/t17-,18+,21+,22?/m1/s1. The second-order valence-corrected chi connectivity index (χ2v) is 11.1. The molecule has 1 unspecified atom stereocenters. The molecule has 3 saturated carbocycles. The average molecular weight is 484 g/mol. The van der Waals surface area contributed by atoms with Crippen LogP contribution in [0.25, 0.3) is 10.1 Å². The van der Waals surface area contributed by atoms with Crippen LogP contribution >= 0.6 is 11.3 Å². The highest BCUT2D eigenvalue weighted by Crippen LogP contribution is 2.62. The van der Waals surface area contributed by atoms with Gasteiger partial charge in [0.1, 0.15) is 5.75 Å². The van der Waals surface area contributed by atoms with Crippen molar-refractivity contribution in [2.75, 3.05) is 0 Å². The molecule has 34 heavy (non-hydrogen) atoms. The minimum atomic E-state index is -0.758. The number of thiophene rings is 1. The summed E-state index contributed by atoms with van der Waals surface area (Å²) in [7, 11) is 0. The zero-order valence-electron chi connectivity index (χ0n) is 20.0. The number of amides is 1. The second-order valence-electron chi connectivity index (χ2n) is 10.2. The number of hydrogen-bond donors (Lipinski definition) is 2. The van der Waals surface area contributed by atoms with Gasteiger partial charge in [-0.05, 0) is 67.4 Å². The van der Waals surface area contributed by atoms with Gasteiger partial charge in [-0.1, -0.05) is 32.1 Å². The Morgan fingerprint density at radius 1 is 1.24 bits per heavy atom. The molecule has 6 nitrogen and oxygen atoms in total. The molecular formula is C27H33NO5S. The van der Waals surface area contributed by atoms with E-state index < -0.39 is 5.97 Å². The second kappa shape index (κ2) is 9.90. The van der Waals surface area contributed by atoms with Crippen molar-refractivity contribution < 1.29 is 24.2 Å². The summed E-state index contributed by atoms with van der Waals surface area (Å²) in [5.41, 5.74) is 0.901. The summed E-state index contributed by atoms with van der Waals surface area (Å²) in [5, 5.41) is 14.7. The molecule has 182 valence electrons. The van der Waals surface area contributed by atoms with Crippen LogP contribution in [0.4, 0.5) is 0 Å². The lowest BCUT2D eigenvalue weighted by molar-refractivity contribution is -0.137. The summed E-state index contributed by atoms with van der Waals surface area (Å²) in [5.74, 6) is 0.817. The Hall–Kier alpha value is -2.67. The Morgan fingerprint density at radius 2 is 2.03 bits per heavy atom. The summed E-state index contributed by atoms with van der Waals surface area (Å²) in [4.78, 5) is 35.5. The molecule has 7 heteroatoms. The molecule has 0 aliphatic heterocycles. The molecule has 1 aromatic heterocycles. The number of benzene rings is 1. The number of nitrogens with one attached hydrogen (secondary N) is 1. The minimum Gasteiger partial charge on any atom is -0.481 e. The molecule has 2 aromatic rings. The zero-order valence-corrected chi connectivity index (χ0v) is 20.8. The fraction of sp³-hybridized carbons (Fsp3) is 0.519. The highest BCUT2D eigenvalue weighted by atomic mass is 32.1. The molecule has 1 amide bonds. The van der Waals surface area contributed by atoms with E-state index in [0.717, 1.165) is 29.3 Å². The molecule has 4 atom stereocenters. The van der Waals surface area contributed by atoms with E-state index in [1.807, 2.05) is 18.2 Å². The third-order valence-electron chi connectivity index (χ3n) is 7.83. The van der Waals surface area contributed by atoms with Gasteiger partial charge in [0.05, 0.1) is 10.3 Å². The molecule has 3 aliphatic carbocycles. The van der Waals surface area contributed by atoms with Crippen molar-refractivity contribution >= 4 is 39.3 Å². The summed E-state index contributed by atoms with van der Waals surface area (Å²) < 4.78 is 6.12. The van der Waals surface area contributed by atoms with Crippen LogP contribution in [-0.4, -0.2) is 29.0 Å². The Bertz CT molecular complexity index is 1120. The monoisotopic (exact) mass is 483 g/mol. The van der Waals surface area contributed by atoms with Gasteiger partial charge in [-0.25, -0.2) is 0 Å². The first-order valence-electron chi connectivity index (χ1n) is 12.0. The van der Waals surface area contributed by atoms with Gasteiger partial charge in [-0.15, -0.1) is 11.3 Å². The van der Waals surface area contributed by atoms with Crippen LogP contribution in [0.1, 0.15) is 69.7 Å². The average Bonchev–Trinajstić information content (AvgIpc) is 3.18. The number of carboxylic acids is 1. The van der Waals surface area contributed by atoms with Gasteiger partial charge in [-0.2, -0.15) is 0 Å². The lowest BCUT2D eigenvalue weighted by Gasteiger charge is -2.62. The fourth-order valence-electron chi connectivity index (χ4n) is 5.87. The third kappa shape index (κ3) is 4.90. The molecule has 1 heterocycles. The van der Waals surface area contributed by atoms with Crippen molar-refractivity contribution in [3.63, 3.8) is 0 Å². The van der Waals surface area contributed by atoms with E-state index in [1.165, 1.54) is 24.7 Å². The van der Waals surface area contributed by atoms with Crippen molar-refractivity contribution in [2.24, 2.45) is 23.2 Å². The van der Waals surface area contributed by atoms with Crippen molar-refractivity contribution in [1.82, 2.24) is 5.32 Å². The van der Waals surface area contributed by atoms with Crippen LogP contribution in [0.3, 0.4) is 0 Å². The highest BCUT2D eigenvalue weighted by Gasteiger charge is 2.57. The first-order valence-corrected chi connectivity index (χ1v) is 12.9. The predicted octanol–water partition coefficient (Wildman–Crippen LogP) is 5.81. The van der Waals surface area contributed by atoms with E-state index in [0.29, 0.717) is 35.5 Å². The van der Waals surface area contributed by atoms with E-state index in [4.69, 9.17) is 9.84 Å². The Kier molecular flexibility index (Phi) is 7.12. The molecule has 5 rings (SSSR count). The van der Waals surface area contributed by atoms with Gasteiger partial charge in [0.15, 0.2) is 0 Å². The van der Waals surface area contributed by atoms with Crippen molar-refractivity contribution in [3.8, 4) is 5.75 Å². The van der Waals surface area contributed by atoms with Gasteiger partial charge < -0.3 is 15.2 Å². The van der Waals surface area contributed by atoms with Crippen LogP contribution in [-0.2, 0) is 9.59 Å². The van der Waals surface area contributed by atoms with E-state index in [1.54, 1.807) is 5.38 Å². The van der Waals surface area contributed by atoms with E-state index >= 15 is 0 Å². The van der Waals surface area contributed by atoms with Gasteiger partial charge in [0.25, 0.3) is 5.91 Å².